The molecular formula is C21H20N2OS2. The third-order valence-corrected chi connectivity index (χ3v) is 7.35. The van der Waals surface area contributed by atoms with E-state index in [0.29, 0.717) is 11.0 Å². The molecule has 3 aromatic rings. The number of fused-ring (bicyclic) bond motifs is 1. The van der Waals surface area contributed by atoms with Crippen molar-refractivity contribution in [2.24, 2.45) is 0 Å². The number of amides is 1. The molecule has 132 valence electrons. The lowest BCUT2D eigenvalue weighted by atomic mass is 10.1. The average molecular weight is 381 g/mol. The zero-order chi connectivity index (χ0) is 17.8. The highest BCUT2D eigenvalue weighted by molar-refractivity contribution is 8.16. The summed E-state index contributed by atoms with van der Waals surface area (Å²) in [6.07, 6.45) is 3.37. The first-order chi connectivity index (χ1) is 12.8. The lowest BCUT2D eigenvalue weighted by Crippen LogP contribution is -2.15. The molecule has 2 heterocycles. The maximum Gasteiger partial charge on any atom is 0.228 e. The van der Waals surface area contributed by atoms with Gasteiger partial charge in [-0.25, -0.2) is 0 Å². The third-order valence-electron chi connectivity index (χ3n) is 4.34. The molecule has 26 heavy (non-hydrogen) atoms. The summed E-state index contributed by atoms with van der Waals surface area (Å²) in [5.41, 5.74) is 4.00. The molecule has 1 saturated heterocycles. The first-order valence-corrected chi connectivity index (χ1v) is 10.8. The van der Waals surface area contributed by atoms with Gasteiger partial charge in [-0.1, -0.05) is 36.4 Å². The Labute approximate surface area is 162 Å². The van der Waals surface area contributed by atoms with Crippen LogP contribution in [0.2, 0.25) is 0 Å². The molecule has 1 fully saturated rings. The van der Waals surface area contributed by atoms with Crippen molar-refractivity contribution < 1.29 is 4.79 Å². The molecule has 0 bridgehead atoms. The van der Waals surface area contributed by atoms with E-state index in [4.69, 9.17) is 0 Å². The van der Waals surface area contributed by atoms with Crippen molar-refractivity contribution in [3.05, 3.63) is 71.9 Å². The van der Waals surface area contributed by atoms with Crippen molar-refractivity contribution in [1.29, 1.82) is 0 Å². The van der Waals surface area contributed by atoms with Gasteiger partial charge in [0.05, 0.1) is 16.5 Å². The predicted octanol–water partition coefficient (Wildman–Crippen LogP) is 5.28. The van der Waals surface area contributed by atoms with Crippen molar-refractivity contribution in [3.8, 4) is 0 Å². The molecule has 1 aliphatic heterocycles. The van der Waals surface area contributed by atoms with E-state index in [1.165, 1.54) is 23.5 Å². The number of benzene rings is 2. The van der Waals surface area contributed by atoms with Crippen molar-refractivity contribution in [2.45, 2.75) is 17.4 Å². The minimum Gasteiger partial charge on any atom is -0.326 e. The van der Waals surface area contributed by atoms with Crippen LogP contribution in [0.25, 0.3) is 10.9 Å². The summed E-state index contributed by atoms with van der Waals surface area (Å²) in [4.78, 5) is 17.0. The lowest BCUT2D eigenvalue weighted by molar-refractivity contribution is -0.115. The number of hydrogen-bond donors (Lipinski definition) is 1. The second kappa shape index (κ2) is 8.14. The minimum absolute atomic E-state index is 0.00995. The van der Waals surface area contributed by atoms with Crippen LogP contribution in [0.4, 0.5) is 5.69 Å². The van der Waals surface area contributed by atoms with Gasteiger partial charge in [0.15, 0.2) is 0 Å². The molecule has 3 nitrogen and oxygen atoms in total. The van der Waals surface area contributed by atoms with Crippen LogP contribution in [0.15, 0.2) is 60.8 Å². The van der Waals surface area contributed by atoms with E-state index in [0.717, 1.165) is 22.2 Å². The fourth-order valence-corrected chi connectivity index (χ4v) is 6.00. The maximum atomic E-state index is 12.6. The van der Waals surface area contributed by atoms with Gasteiger partial charge in [0.1, 0.15) is 0 Å². The molecule has 0 saturated carbocycles. The summed E-state index contributed by atoms with van der Waals surface area (Å²) in [5.74, 6) is 2.41. The summed E-state index contributed by atoms with van der Waals surface area (Å²) in [6.45, 7) is 0. The van der Waals surface area contributed by atoms with Gasteiger partial charge in [-0.05, 0) is 47.3 Å². The molecule has 1 aromatic heterocycles. The van der Waals surface area contributed by atoms with Crippen molar-refractivity contribution in [1.82, 2.24) is 4.98 Å². The Hall–Kier alpha value is -1.98. The standard InChI is InChI=1S/C21H20N2OS2/c24-19(14-16-6-1-5-15-8-3-10-22-20(15)16)23-18-9-2-7-17(13-18)21-25-11-4-12-26-21/h1-3,5-10,13,21H,4,11-12,14H2,(H,23,24). The molecule has 4 rings (SSSR count). The molecule has 0 spiro atoms. The van der Waals surface area contributed by atoms with E-state index in [1.54, 1.807) is 6.20 Å². The molecule has 0 aliphatic carbocycles. The van der Waals surface area contributed by atoms with Crippen LogP contribution in [0.3, 0.4) is 0 Å². The van der Waals surface area contributed by atoms with E-state index >= 15 is 0 Å². The van der Waals surface area contributed by atoms with Gasteiger partial charge in [0, 0.05) is 17.3 Å². The fraction of sp³-hybridized carbons (Fsp3) is 0.238. The van der Waals surface area contributed by atoms with Gasteiger partial charge in [-0.15, -0.1) is 23.5 Å². The SMILES string of the molecule is O=C(Cc1cccc2cccnc12)Nc1cccc(C2SCCCS2)c1. The second-order valence-corrected chi connectivity index (χ2v) is 8.99. The van der Waals surface area contributed by atoms with E-state index in [2.05, 4.69) is 22.4 Å². The van der Waals surface area contributed by atoms with Crippen LogP contribution in [0, 0.1) is 0 Å². The van der Waals surface area contributed by atoms with Gasteiger partial charge >= 0.3 is 0 Å². The number of hydrogen-bond acceptors (Lipinski definition) is 4. The van der Waals surface area contributed by atoms with Crippen LogP contribution in [-0.4, -0.2) is 22.4 Å². The number of para-hydroxylation sites is 1. The highest BCUT2D eigenvalue weighted by Gasteiger charge is 2.17. The molecule has 0 unspecified atom stereocenters. The summed E-state index contributed by atoms with van der Waals surface area (Å²) in [7, 11) is 0. The normalized spacial score (nSPS) is 15.1. The highest BCUT2D eigenvalue weighted by Crippen LogP contribution is 2.44. The van der Waals surface area contributed by atoms with Crippen LogP contribution >= 0.6 is 23.5 Å². The summed E-state index contributed by atoms with van der Waals surface area (Å²) in [6, 6.07) is 18.2. The van der Waals surface area contributed by atoms with Crippen LogP contribution in [0.5, 0.6) is 0 Å². The van der Waals surface area contributed by atoms with E-state index in [1.807, 2.05) is 66.0 Å². The van der Waals surface area contributed by atoms with E-state index in [-0.39, 0.29) is 5.91 Å². The Morgan fingerprint density at radius 3 is 2.77 bits per heavy atom. The Balaban J connectivity index is 1.48. The molecule has 0 atom stereocenters. The third kappa shape index (κ3) is 4.05. The van der Waals surface area contributed by atoms with Crippen LogP contribution in [-0.2, 0) is 11.2 Å². The lowest BCUT2D eigenvalue weighted by Gasteiger charge is -2.21. The molecular weight excluding hydrogens is 360 g/mol. The largest absolute Gasteiger partial charge is 0.326 e. The number of thioether (sulfide) groups is 2. The Kier molecular flexibility index (Phi) is 5.46. The highest BCUT2D eigenvalue weighted by atomic mass is 32.2. The number of nitrogens with one attached hydrogen (secondary N) is 1. The van der Waals surface area contributed by atoms with Gasteiger partial charge in [-0.3, -0.25) is 9.78 Å². The van der Waals surface area contributed by atoms with Crippen LogP contribution in [0.1, 0.15) is 22.1 Å². The maximum absolute atomic E-state index is 12.6. The summed E-state index contributed by atoms with van der Waals surface area (Å²) in [5, 5.41) is 4.11. The molecule has 1 aliphatic rings. The number of pyridine rings is 1. The van der Waals surface area contributed by atoms with Crippen molar-refractivity contribution >= 4 is 46.0 Å². The number of aromatic nitrogens is 1. The van der Waals surface area contributed by atoms with E-state index in [9.17, 15) is 4.79 Å². The smallest absolute Gasteiger partial charge is 0.228 e. The Morgan fingerprint density at radius 2 is 1.88 bits per heavy atom. The van der Waals surface area contributed by atoms with Gasteiger partial charge in [0.2, 0.25) is 5.91 Å². The quantitative estimate of drug-likeness (QED) is 0.668. The minimum atomic E-state index is -0.00995. The monoisotopic (exact) mass is 380 g/mol. The first kappa shape index (κ1) is 17.4. The number of rotatable bonds is 4. The molecule has 1 N–H and O–H groups in total. The van der Waals surface area contributed by atoms with Crippen molar-refractivity contribution in [2.75, 3.05) is 16.8 Å². The average Bonchev–Trinajstić information content (AvgIpc) is 2.69. The summed E-state index contributed by atoms with van der Waals surface area (Å²) >= 11 is 3.98. The Morgan fingerprint density at radius 1 is 1.08 bits per heavy atom. The molecule has 5 heteroatoms. The topological polar surface area (TPSA) is 42.0 Å². The number of carbonyl (C=O) groups excluding carboxylic acids is 1. The first-order valence-electron chi connectivity index (χ1n) is 8.75. The number of nitrogens with zero attached hydrogens (tertiary/aromatic N) is 1. The number of anilines is 1. The molecule has 2 aromatic carbocycles. The van der Waals surface area contributed by atoms with Crippen molar-refractivity contribution in [3.63, 3.8) is 0 Å². The molecule has 1 amide bonds. The second-order valence-electron chi connectivity index (χ2n) is 6.27. The zero-order valence-corrected chi connectivity index (χ0v) is 16.0. The fourth-order valence-electron chi connectivity index (χ4n) is 3.13. The van der Waals surface area contributed by atoms with Gasteiger partial charge < -0.3 is 5.32 Å². The van der Waals surface area contributed by atoms with Gasteiger partial charge in [-0.2, -0.15) is 0 Å². The summed E-state index contributed by atoms with van der Waals surface area (Å²) < 4.78 is 0.475. The number of carbonyl (C=O) groups is 1. The van der Waals surface area contributed by atoms with Crippen LogP contribution < -0.4 is 5.32 Å². The molecule has 0 radical (unpaired) electrons. The van der Waals surface area contributed by atoms with Gasteiger partial charge in [0.25, 0.3) is 0 Å². The van der Waals surface area contributed by atoms with E-state index < -0.39 is 0 Å². The zero-order valence-electron chi connectivity index (χ0n) is 14.4. The predicted molar refractivity (Wildman–Crippen MR) is 113 cm³/mol. The Bertz CT molecular complexity index is 917.